The van der Waals surface area contributed by atoms with Crippen LogP contribution in [0.15, 0.2) is 61.1 Å². The fraction of sp³-hybridized carbons (Fsp3) is 0.167. The Hall–Kier alpha value is -1.70. The lowest BCUT2D eigenvalue weighted by atomic mass is 10.2. The molecule has 0 saturated carbocycles. The second kappa shape index (κ2) is 6.78. The summed E-state index contributed by atoms with van der Waals surface area (Å²) in [6.45, 7) is 13.2. The van der Waals surface area contributed by atoms with Crippen molar-refractivity contribution in [1.29, 1.82) is 0 Å². The molecule has 0 aromatic rings. The van der Waals surface area contributed by atoms with Gasteiger partial charge in [0, 0.05) is 5.70 Å². The van der Waals surface area contributed by atoms with Gasteiger partial charge in [0.2, 0.25) is 0 Å². The summed E-state index contributed by atoms with van der Waals surface area (Å²) in [5.41, 5.74) is 1.46. The van der Waals surface area contributed by atoms with Crippen LogP contribution in [-0.2, 0) is 0 Å². The van der Waals surface area contributed by atoms with Crippen molar-refractivity contribution in [2.75, 3.05) is 6.54 Å². The quantitative estimate of drug-likeness (QED) is 0.500. The molecule has 0 aromatic heterocycles. The van der Waals surface area contributed by atoms with E-state index >= 15 is 0 Å². The van der Waals surface area contributed by atoms with E-state index in [9.17, 15) is 0 Å². The summed E-state index contributed by atoms with van der Waals surface area (Å²) in [7, 11) is 0. The van der Waals surface area contributed by atoms with Gasteiger partial charge in [-0.05, 0) is 12.5 Å². The third kappa shape index (κ3) is 5.89. The molecule has 76 valence electrons. The molecule has 2 N–H and O–H groups in total. The summed E-state index contributed by atoms with van der Waals surface area (Å²) in [6, 6.07) is 0. The zero-order valence-electron chi connectivity index (χ0n) is 8.59. The standard InChI is InChI=1S/C12H17NO/c1-5-6-7-8-10(2)12(4)13-9-11(3)14/h5-8,13-14H,2-4,9H2,1H3/b6-5-,8-7-. The van der Waals surface area contributed by atoms with E-state index < -0.39 is 0 Å². The van der Waals surface area contributed by atoms with Crippen LogP contribution >= 0.6 is 0 Å². The zero-order valence-corrected chi connectivity index (χ0v) is 8.59. The van der Waals surface area contributed by atoms with Crippen molar-refractivity contribution in [3.63, 3.8) is 0 Å². The van der Waals surface area contributed by atoms with Crippen LogP contribution in [0.25, 0.3) is 0 Å². The maximum Gasteiger partial charge on any atom is 0.104 e. The summed E-state index contributed by atoms with van der Waals surface area (Å²) >= 11 is 0. The van der Waals surface area contributed by atoms with Crippen LogP contribution < -0.4 is 5.32 Å². The molecule has 0 bridgehead atoms. The highest BCUT2D eigenvalue weighted by molar-refractivity contribution is 5.35. The van der Waals surface area contributed by atoms with E-state index in [1.54, 1.807) is 0 Å². The Morgan fingerprint density at radius 2 is 1.93 bits per heavy atom. The van der Waals surface area contributed by atoms with E-state index in [0.29, 0.717) is 12.2 Å². The minimum Gasteiger partial charge on any atom is -0.511 e. The smallest absolute Gasteiger partial charge is 0.104 e. The molecular formula is C12H17NO. The molecule has 0 unspecified atom stereocenters. The van der Waals surface area contributed by atoms with Crippen molar-refractivity contribution in [2.24, 2.45) is 0 Å². The Kier molecular flexibility index (Phi) is 5.95. The van der Waals surface area contributed by atoms with E-state index in [-0.39, 0.29) is 5.76 Å². The highest BCUT2D eigenvalue weighted by Crippen LogP contribution is 2.03. The van der Waals surface area contributed by atoms with Gasteiger partial charge in [-0.2, -0.15) is 0 Å². The molecule has 0 fully saturated rings. The van der Waals surface area contributed by atoms with Crippen molar-refractivity contribution < 1.29 is 5.11 Å². The summed E-state index contributed by atoms with van der Waals surface area (Å²) in [5.74, 6) is 0.0800. The van der Waals surface area contributed by atoms with Crippen LogP contribution in [0.2, 0.25) is 0 Å². The Morgan fingerprint density at radius 1 is 1.29 bits per heavy atom. The second-order valence-electron chi connectivity index (χ2n) is 2.81. The molecule has 0 atom stereocenters. The van der Waals surface area contributed by atoms with E-state index in [0.717, 1.165) is 5.57 Å². The van der Waals surface area contributed by atoms with Gasteiger partial charge in [-0.3, -0.25) is 0 Å². The first-order chi connectivity index (χ1) is 6.57. The highest BCUT2D eigenvalue weighted by atomic mass is 16.3. The van der Waals surface area contributed by atoms with Crippen LogP contribution in [-0.4, -0.2) is 11.7 Å². The second-order valence-corrected chi connectivity index (χ2v) is 2.81. The Balaban J connectivity index is 4.00. The number of hydrogen-bond donors (Lipinski definition) is 2. The number of aliphatic hydroxyl groups is 1. The number of aliphatic hydroxyl groups excluding tert-OH is 1. The third-order valence-electron chi connectivity index (χ3n) is 1.49. The first-order valence-electron chi connectivity index (χ1n) is 4.36. The first-order valence-corrected chi connectivity index (χ1v) is 4.36. The molecule has 0 aliphatic rings. The van der Waals surface area contributed by atoms with Crippen molar-refractivity contribution in [2.45, 2.75) is 6.92 Å². The molecule has 2 heteroatoms. The van der Waals surface area contributed by atoms with E-state index in [1.165, 1.54) is 0 Å². The largest absolute Gasteiger partial charge is 0.511 e. The van der Waals surface area contributed by atoms with Gasteiger partial charge in [-0.1, -0.05) is 44.0 Å². The molecule has 14 heavy (non-hydrogen) atoms. The molecule has 0 spiro atoms. The van der Waals surface area contributed by atoms with Crippen LogP contribution in [0, 0.1) is 0 Å². The molecule has 0 aliphatic heterocycles. The number of nitrogens with one attached hydrogen (secondary N) is 1. The SMILES string of the molecule is C=C(O)CNC(=C)C(=C)/C=C\C=C/C. The predicted octanol–water partition coefficient (Wildman–Crippen LogP) is 2.85. The monoisotopic (exact) mass is 191 g/mol. The van der Waals surface area contributed by atoms with Crippen molar-refractivity contribution in [3.05, 3.63) is 61.1 Å². The Bertz CT molecular complexity index is 285. The molecular weight excluding hydrogens is 174 g/mol. The van der Waals surface area contributed by atoms with Crippen molar-refractivity contribution in [1.82, 2.24) is 5.32 Å². The summed E-state index contributed by atoms with van der Waals surface area (Å²) in [4.78, 5) is 0. The molecule has 0 aliphatic carbocycles. The molecule has 0 rings (SSSR count). The van der Waals surface area contributed by atoms with Gasteiger partial charge >= 0.3 is 0 Å². The Labute approximate surface area is 85.6 Å². The van der Waals surface area contributed by atoms with Gasteiger partial charge in [-0.25, -0.2) is 0 Å². The minimum absolute atomic E-state index is 0.0800. The van der Waals surface area contributed by atoms with Gasteiger partial charge in [0.15, 0.2) is 0 Å². The van der Waals surface area contributed by atoms with Crippen LogP contribution in [0.3, 0.4) is 0 Å². The number of rotatable bonds is 6. The van der Waals surface area contributed by atoms with E-state index in [4.69, 9.17) is 5.11 Å². The van der Waals surface area contributed by atoms with Gasteiger partial charge in [0.25, 0.3) is 0 Å². The third-order valence-corrected chi connectivity index (χ3v) is 1.49. The molecule has 0 aromatic carbocycles. The fourth-order valence-corrected chi connectivity index (χ4v) is 0.706. The maximum absolute atomic E-state index is 8.84. The van der Waals surface area contributed by atoms with Crippen molar-refractivity contribution in [3.8, 4) is 0 Å². The summed E-state index contributed by atoms with van der Waals surface area (Å²) < 4.78 is 0. The van der Waals surface area contributed by atoms with Crippen molar-refractivity contribution >= 4 is 0 Å². The van der Waals surface area contributed by atoms with Gasteiger partial charge in [0.1, 0.15) is 5.76 Å². The van der Waals surface area contributed by atoms with Gasteiger partial charge < -0.3 is 10.4 Å². The van der Waals surface area contributed by atoms with Crippen LogP contribution in [0.4, 0.5) is 0 Å². The molecule has 0 amide bonds. The minimum atomic E-state index is 0.0800. The zero-order chi connectivity index (χ0) is 11.0. The van der Waals surface area contributed by atoms with Gasteiger partial charge in [0.05, 0.1) is 6.54 Å². The van der Waals surface area contributed by atoms with Gasteiger partial charge in [-0.15, -0.1) is 0 Å². The predicted molar refractivity (Wildman–Crippen MR) is 62.0 cm³/mol. The summed E-state index contributed by atoms with van der Waals surface area (Å²) in [6.07, 6.45) is 7.55. The fourth-order valence-electron chi connectivity index (χ4n) is 0.706. The van der Waals surface area contributed by atoms with Crippen LogP contribution in [0.1, 0.15) is 6.92 Å². The Morgan fingerprint density at radius 3 is 2.43 bits per heavy atom. The van der Waals surface area contributed by atoms with Crippen LogP contribution in [0.5, 0.6) is 0 Å². The van der Waals surface area contributed by atoms with E-state index in [1.807, 2.05) is 31.2 Å². The molecule has 0 saturated heterocycles. The maximum atomic E-state index is 8.84. The topological polar surface area (TPSA) is 32.3 Å². The average Bonchev–Trinajstić information content (AvgIpc) is 2.14. The average molecular weight is 191 g/mol. The molecule has 0 heterocycles. The highest BCUT2D eigenvalue weighted by Gasteiger charge is 1.95. The molecule has 2 nitrogen and oxygen atoms in total. The first kappa shape index (κ1) is 12.3. The lowest BCUT2D eigenvalue weighted by Gasteiger charge is -2.07. The lowest BCUT2D eigenvalue weighted by molar-refractivity contribution is 0.398. The number of hydrogen-bond acceptors (Lipinski definition) is 2. The lowest BCUT2D eigenvalue weighted by Crippen LogP contribution is -2.15. The number of allylic oxidation sites excluding steroid dienone is 4. The molecule has 0 radical (unpaired) electrons. The van der Waals surface area contributed by atoms with E-state index in [2.05, 4.69) is 25.1 Å². The normalized spacial score (nSPS) is 10.6. The summed E-state index contributed by atoms with van der Waals surface area (Å²) in [5, 5.41) is 11.7.